The molecule has 0 unspecified atom stereocenters. The first-order chi connectivity index (χ1) is 10.7. The first kappa shape index (κ1) is 17.3. The molecule has 122 valence electrons. The summed E-state index contributed by atoms with van der Waals surface area (Å²) >= 11 is -5.29. The predicted octanol–water partition coefficient (Wildman–Crippen LogP) is 0.811. The summed E-state index contributed by atoms with van der Waals surface area (Å²) in [5.41, 5.74) is 2.67. The second kappa shape index (κ2) is 6.62. The average molecular weight is 379 g/mol. The molecule has 0 saturated heterocycles. The molecule has 0 saturated carbocycles. The van der Waals surface area contributed by atoms with Gasteiger partial charge in [-0.05, 0) is 0 Å². The van der Waals surface area contributed by atoms with Gasteiger partial charge in [-0.3, -0.25) is 0 Å². The van der Waals surface area contributed by atoms with E-state index < -0.39 is 30.2 Å². The van der Waals surface area contributed by atoms with Gasteiger partial charge in [-0.15, -0.1) is 0 Å². The van der Waals surface area contributed by atoms with Crippen LogP contribution in [0.3, 0.4) is 0 Å². The van der Waals surface area contributed by atoms with Crippen LogP contribution in [-0.2, 0) is 15.0 Å². The number of phenolic OH excluding ortho intramolecular Hbond substituents is 1. The first-order valence-corrected chi connectivity index (χ1v) is 10.3. The predicted molar refractivity (Wildman–Crippen MR) is 86.9 cm³/mol. The molecule has 23 heavy (non-hydrogen) atoms. The van der Waals surface area contributed by atoms with E-state index in [9.17, 15) is 21.8 Å². The quantitative estimate of drug-likeness (QED) is 0.465. The van der Waals surface area contributed by atoms with E-state index in [2.05, 4.69) is 5.32 Å². The number of anilines is 1. The molecule has 1 amide bonds. The standard InChI is InChI=1S/C16H18AsNO5/c1-10-5-3-4-6-12(10)9-13-7-8-14(17(21,22)23)16(20)15(13)18-11(2)19/h3-8,20H,9H2,1-2H3,(H,18,19)(H2,21,22,23). The Morgan fingerprint density at radius 1 is 1.13 bits per heavy atom. The van der Waals surface area contributed by atoms with Gasteiger partial charge in [0.15, 0.2) is 0 Å². The van der Waals surface area contributed by atoms with Crippen molar-refractivity contribution < 1.29 is 21.8 Å². The number of aromatic hydroxyl groups is 1. The SMILES string of the molecule is CC(=O)Nc1c(Cc2ccccc2C)ccc([As](=O)(O)O)c1O. The summed E-state index contributed by atoms with van der Waals surface area (Å²) in [6, 6.07) is 10.4. The molecule has 0 atom stereocenters. The number of hydrogen-bond donors (Lipinski definition) is 4. The van der Waals surface area contributed by atoms with E-state index in [0.29, 0.717) is 12.0 Å². The summed E-state index contributed by atoms with van der Waals surface area (Å²) in [7, 11) is 0. The number of benzene rings is 2. The number of phenols is 1. The fourth-order valence-electron chi connectivity index (χ4n) is 2.33. The molecule has 0 aliphatic heterocycles. The first-order valence-electron chi connectivity index (χ1n) is 6.93. The molecule has 4 N–H and O–H groups in total. The van der Waals surface area contributed by atoms with Gasteiger partial charge in [-0.2, -0.15) is 0 Å². The summed E-state index contributed by atoms with van der Waals surface area (Å²) in [5.74, 6) is -1.000. The van der Waals surface area contributed by atoms with E-state index in [1.807, 2.05) is 31.2 Å². The molecule has 0 aliphatic rings. The van der Waals surface area contributed by atoms with E-state index in [0.717, 1.165) is 11.1 Å². The average Bonchev–Trinajstić information content (AvgIpc) is 2.43. The van der Waals surface area contributed by atoms with Crippen LogP contribution in [0.2, 0.25) is 0 Å². The van der Waals surface area contributed by atoms with Crippen LogP contribution in [0, 0.1) is 6.92 Å². The molecule has 0 radical (unpaired) electrons. The van der Waals surface area contributed by atoms with Gasteiger partial charge in [0.2, 0.25) is 0 Å². The van der Waals surface area contributed by atoms with E-state index in [-0.39, 0.29) is 5.69 Å². The Kier molecular flexibility index (Phi) is 4.99. The summed E-state index contributed by atoms with van der Waals surface area (Å²) in [6.07, 6.45) is 0.421. The molecule has 0 fully saturated rings. The summed E-state index contributed by atoms with van der Waals surface area (Å²) in [4.78, 5) is 11.4. The van der Waals surface area contributed by atoms with Gasteiger partial charge in [0.05, 0.1) is 0 Å². The van der Waals surface area contributed by atoms with E-state index in [1.165, 1.54) is 19.1 Å². The third-order valence-corrected chi connectivity index (χ3v) is 5.57. The van der Waals surface area contributed by atoms with Crippen molar-refractivity contribution in [3.8, 4) is 5.75 Å². The summed E-state index contributed by atoms with van der Waals surface area (Å²) in [5, 5.41) is 12.7. The van der Waals surface area contributed by atoms with Crippen LogP contribution in [0.4, 0.5) is 5.69 Å². The molecule has 0 aliphatic carbocycles. The van der Waals surface area contributed by atoms with Crippen LogP contribution in [0.5, 0.6) is 5.75 Å². The van der Waals surface area contributed by atoms with Crippen molar-refractivity contribution in [1.29, 1.82) is 0 Å². The Bertz CT molecular complexity index is 797. The third-order valence-electron chi connectivity index (χ3n) is 3.50. The van der Waals surface area contributed by atoms with Crippen LogP contribution in [-0.4, -0.2) is 33.4 Å². The number of amides is 1. The number of carbonyl (C=O) groups is 1. The molecule has 2 aromatic carbocycles. The Morgan fingerprint density at radius 3 is 2.35 bits per heavy atom. The number of carbonyl (C=O) groups excluding carboxylic acids is 1. The van der Waals surface area contributed by atoms with E-state index in [1.54, 1.807) is 0 Å². The molecule has 0 aromatic heterocycles. The molecule has 6 nitrogen and oxygen atoms in total. The van der Waals surface area contributed by atoms with Gasteiger partial charge in [0.25, 0.3) is 0 Å². The van der Waals surface area contributed by atoms with Crippen molar-refractivity contribution in [3.63, 3.8) is 0 Å². The molecule has 7 heteroatoms. The zero-order chi connectivity index (χ0) is 17.2. The monoisotopic (exact) mass is 379 g/mol. The van der Waals surface area contributed by atoms with E-state index in [4.69, 9.17) is 0 Å². The van der Waals surface area contributed by atoms with Crippen LogP contribution in [0.15, 0.2) is 36.4 Å². The topological polar surface area (TPSA) is 107 Å². The molecular weight excluding hydrogens is 361 g/mol. The molecule has 2 aromatic rings. The third kappa shape index (κ3) is 4.04. The molecule has 0 spiro atoms. The van der Waals surface area contributed by atoms with Crippen molar-refractivity contribution in [3.05, 3.63) is 53.1 Å². The van der Waals surface area contributed by atoms with Crippen molar-refractivity contribution in [2.24, 2.45) is 0 Å². The second-order valence-electron chi connectivity index (χ2n) is 5.30. The van der Waals surface area contributed by atoms with Gasteiger partial charge in [0, 0.05) is 0 Å². The maximum absolute atomic E-state index is 11.5. The van der Waals surface area contributed by atoms with Gasteiger partial charge in [0.1, 0.15) is 0 Å². The number of aryl methyl sites for hydroxylation is 1. The number of hydrogen-bond acceptors (Lipinski definition) is 3. The molecule has 0 heterocycles. The fraction of sp³-hybridized carbons (Fsp3) is 0.188. The van der Waals surface area contributed by atoms with Crippen molar-refractivity contribution in [2.45, 2.75) is 20.3 Å². The Morgan fingerprint density at radius 2 is 1.78 bits per heavy atom. The minimum absolute atomic E-state index is 0.0444. The minimum atomic E-state index is -5.29. The van der Waals surface area contributed by atoms with Crippen LogP contribution >= 0.6 is 0 Å². The number of rotatable bonds is 4. The normalized spacial score (nSPS) is 11.3. The molecule has 0 bridgehead atoms. The Hall–Kier alpha value is -2.01. The Labute approximate surface area is 136 Å². The zero-order valence-electron chi connectivity index (χ0n) is 12.8. The zero-order valence-corrected chi connectivity index (χ0v) is 14.7. The van der Waals surface area contributed by atoms with Crippen LogP contribution < -0.4 is 9.67 Å². The van der Waals surface area contributed by atoms with Gasteiger partial charge < -0.3 is 0 Å². The van der Waals surface area contributed by atoms with Crippen molar-refractivity contribution >= 4 is 30.1 Å². The van der Waals surface area contributed by atoms with E-state index >= 15 is 0 Å². The van der Waals surface area contributed by atoms with Crippen LogP contribution in [0.1, 0.15) is 23.6 Å². The fourth-order valence-corrected chi connectivity index (χ4v) is 3.71. The summed E-state index contributed by atoms with van der Waals surface area (Å²) < 4.78 is 29.8. The van der Waals surface area contributed by atoms with Crippen LogP contribution in [0.25, 0.3) is 0 Å². The molecular formula is C16H18AsNO5. The molecule has 2 rings (SSSR count). The van der Waals surface area contributed by atoms with Crippen molar-refractivity contribution in [1.82, 2.24) is 0 Å². The van der Waals surface area contributed by atoms with Gasteiger partial charge in [-0.25, -0.2) is 0 Å². The van der Waals surface area contributed by atoms with Gasteiger partial charge in [-0.1, -0.05) is 0 Å². The van der Waals surface area contributed by atoms with Crippen molar-refractivity contribution in [2.75, 3.05) is 5.32 Å². The second-order valence-corrected chi connectivity index (χ2v) is 8.59. The Balaban J connectivity index is 2.55. The van der Waals surface area contributed by atoms with Gasteiger partial charge >= 0.3 is 136 Å². The summed E-state index contributed by atoms with van der Waals surface area (Å²) in [6.45, 7) is 3.21. The number of nitrogens with one attached hydrogen (secondary N) is 1. The maximum atomic E-state index is 11.5.